The van der Waals surface area contributed by atoms with Crippen molar-refractivity contribution in [2.45, 2.75) is 31.8 Å². The minimum Gasteiger partial charge on any atom is -0.324 e. The van der Waals surface area contributed by atoms with E-state index < -0.39 is 0 Å². The maximum atomic E-state index is 12.4. The Bertz CT molecular complexity index is 624. The molecule has 3 rings (SSSR count). The predicted octanol–water partition coefficient (Wildman–Crippen LogP) is 3.29. The number of fused-ring (bicyclic) bond motifs is 1. The fraction of sp³-hybridized carbons (Fsp3) is 0.278. The van der Waals surface area contributed by atoms with E-state index in [1.807, 2.05) is 36.4 Å². The number of nitrogens with one attached hydrogen (secondary N) is 2. The van der Waals surface area contributed by atoms with Crippen LogP contribution in [-0.2, 0) is 11.2 Å². The van der Waals surface area contributed by atoms with Crippen molar-refractivity contribution in [2.24, 2.45) is 0 Å². The van der Waals surface area contributed by atoms with Crippen LogP contribution >= 0.6 is 0 Å². The number of anilines is 1. The lowest BCUT2D eigenvalue weighted by Gasteiger charge is -2.21. The molecule has 0 saturated heterocycles. The zero-order valence-electron chi connectivity index (χ0n) is 12.2. The molecule has 0 spiro atoms. The molecule has 108 valence electrons. The van der Waals surface area contributed by atoms with E-state index in [4.69, 9.17) is 0 Å². The maximum Gasteiger partial charge on any atom is 0.241 e. The van der Waals surface area contributed by atoms with Gasteiger partial charge in [-0.05, 0) is 37.0 Å². The van der Waals surface area contributed by atoms with E-state index in [-0.39, 0.29) is 18.0 Å². The van der Waals surface area contributed by atoms with Gasteiger partial charge in [-0.25, -0.2) is 0 Å². The van der Waals surface area contributed by atoms with Crippen LogP contribution in [0.1, 0.15) is 30.5 Å². The molecule has 2 unspecified atom stereocenters. The molecule has 1 aliphatic rings. The van der Waals surface area contributed by atoms with Gasteiger partial charge in [0.2, 0.25) is 5.91 Å². The first kappa shape index (κ1) is 13.8. The molecule has 0 saturated carbocycles. The first-order valence-corrected chi connectivity index (χ1v) is 7.44. The summed E-state index contributed by atoms with van der Waals surface area (Å²) < 4.78 is 0. The molecule has 2 aromatic rings. The van der Waals surface area contributed by atoms with Crippen LogP contribution in [0.4, 0.5) is 5.69 Å². The number of hydrogen-bond donors (Lipinski definition) is 2. The van der Waals surface area contributed by atoms with Gasteiger partial charge in [0.1, 0.15) is 0 Å². The number of amides is 1. The molecule has 0 fully saturated rings. The molecule has 1 heterocycles. The topological polar surface area (TPSA) is 41.1 Å². The van der Waals surface area contributed by atoms with Gasteiger partial charge in [0, 0.05) is 11.7 Å². The van der Waals surface area contributed by atoms with Gasteiger partial charge in [0.05, 0.1) is 6.04 Å². The molecule has 21 heavy (non-hydrogen) atoms. The summed E-state index contributed by atoms with van der Waals surface area (Å²) in [5.74, 6) is 0.0581. The number of carbonyl (C=O) groups excluding carboxylic acids is 1. The molecule has 2 N–H and O–H groups in total. The highest BCUT2D eigenvalue weighted by molar-refractivity contribution is 5.96. The van der Waals surface area contributed by atoms with Crippen LogP contribution in [0, 0.1) is 0 Å². The molecular weight excluding hydrogens is 260 g/mol. The standard InChI is InChI=1S/C18H20N2O/c1-13(14-7-3-2-4-8-14)19-17-12-11-15-9-5-6-10-16(15)20-18(17)21/h2-10,13,17,19H,11-12H2,1H3,(H,20,21). The number of hydrogen-bond acceptors (Lipinski definition) is 2. The highest BCUT2D eigenvalue weighted by Crippen LogP contribution is 2.23. The summed E-state index contributed by atoms with van der Waals surface area (Å²) in [7, 11) is 0. The van der Waals surface area contributed by atoms with E-state index in [9.17, 15) is 4.79 Å². The van der Waals surface area contributed by atoms with Crippen molar-refractivity contribution in [3.8, 4) is 0 Å². The van der Waals surface area contributed by atoms with Crippen LogP contribution in [0.5, 0.6) is 0 Å². The normalized spacial score (nSPS) is 19.3. The van der Waals surface area contributed by atoms with Gasteiger partial charge in [-0.2, -0.15) is 0 Å². The number of rotatable bonds is 3. The lowest BCUT2D eigenvalue weighted by molar-refractivity contribution is -0.118. The molecule has 0 aromatic heterocycles. The van der Waals surface area contributed by atoms with Crippen molar-refractivity contribution < 1.29 is 4.79 Å². The van der Waals surface area contributed by atoms with Gasteiger partial charge in [0.15, 0.2) is 0 Å². The van der Waals surface area contributed by atoms with E-state index in [0.29, 0.717) is 0 Å². The van der Waals surface area contributed by atoms with Crippen molar-refractivity contribution in [3.05, 3.63) is 65.7 Å². The summed E-state index contributed by atoms with van der Waals surface area (Å²) in [5, 5.41) is 6.48. The smallest absolute Gasteiger partial charge is 0.241 e. The quantitative estimate of drug-likeness (QED) is 0.906. The van der Waals surface area contributed by atoms with Gasteiger partial charge >= 0.3 is 0 Å². The van der Waals surface area contributed by atoms with Gasteiger partial charge < -0.3 is 5.32 Å². The summed E-state index contributed by atoms with van der Waals surface area (Å²) in [6, 6.07) is 18.2. The molecule has 0 bridgehead atoms. The van der Waals surface area contributed by atoms with Crippen LogP contribution in [0.25, 0.3) is 0 Å². The van der Waals surface area contributed by atoms with Crippen molar-refractivity contribution in [2.75, 3.05) is 5.32 Å². The highest BCUT2D eigenvalue weighted by atomic mass is 16.2. The number of benzene rings is 2. The molecule has 3 nitrogen and oxygen atoms in total. The number of aryl methyl sites for hydroxylation is 1. The van der Waals surface area contributed by atoms with Crippen molar-refractivity contribution in [3.63, 3.8) is 0 Å². The summed E-state index contributed by atoms with van der Waals surface area (Å²) >= 11 is 0. The second kappa shape index (κ2) is 6.10. The van der Waals surface area contributed by atoms with Crippen LogP contribution in [-0.4, -0.2) is 11.9 Å². The molecule has 2 aromatic carbocycles. The van der Waals surface area contributed by atoms with Gasteiger partial charge in [-0.3, -0.25) is 10.1 Å². The largest absolute Gasteiger partial charge is 0.324 e. The lowest BCUT2D eigenvalue weighted by atomic mass is 10.0. The van der Waals surface area contributed by atoms with Crippen molar-refractivity contribution >= 4 is 11.6 Å². The number of para-hydroxylation sites is 1. The van der Waals surface area contributed by atoms with Gasteiger partial charge in [-0.15, -0.1) is 0 Å². The van der Waals surface area contributed by atoms with Crippen LogP contribution < -0.4 is 10.6 Å². The average molecular weight is 280 g/mol. The zero-order valence-corrected chi connectivity index (χ0v) is 12.2. The Morgan fingerprint density at radius 2 is 1.81 bits per heavy atom. The van der Waals surface area contributed by atoms with Crippen molar-refractivity contribution in [1.82, 2.24) is 5.32 Å². The van der Waals surface area contributed by atoms with Gasteiger partial charge in [-0.1, -0.05) is 48.5 Å². The minimum absolute atomic E-state index is 0.0581. The maximum absolute atomic E-state index is 12.4. The van der Waals surface area contributed by atoms with Crippen LogP contribution in [0.2, 0.25) is 0 Å². The SMILES string of the molecule is CC(NC1CCc2ccccc2NC1=O)c1ccccc1. The third-order valence-corrected chi connectivity index (χ3v) is 4.04. The van der Waals surface area contributed by atoms with Crippen molar-refractivity contribution in [1.29, 1.82) is 0 Å². The number of carbonyl (C=O) groups is 1. The van der Waals surface area contributed by atoms with E-state index in [1.54, 1.807) is 0 Å². The van der Waals surface area contributed by atoms with E-state index in [1.165, 1.54) is 11.1 Å². The van der Waals surface area contributed by atoms with E-state index in [2.05, 4.69) is 35.8 Å². The Kier molecular flexibility index (Phi) is 4.02. The first-order valence-electron chi connectivity index (χ1n) is 7.44. The summed E-state index contributed by atoms with van der Waals surface area (Å²) in [6.45, 7) is 2.10. The van der Waals surface area contributed by atoms with E-state index in [0.717, 1.165) is 18.5 Å². The second-order valence-corrected chi connectivity index (χ2v) is 5.54. The summed E-state index contributed by atoms with van der Waals surface area (Å²) in [4.78, 5) is 12.4. The minimum atomic E-state index is -0.160. The zero-order chi connectivity index (χ0) is 14.7. The van der Waals surface area contributed by atoms with Crippen LogP contribution in [0.3, 0.4) is 0 Å². The Morgan fingerprint density at radius 1 is 1.10 bits per heavy atom. The second-order valence-electron chi connectivity index (χ2n) is 5.54. The molecule has 0 aliphatic carbocycles. The van der Waals surface area contributed by atoms with Crippen LogP contribution in [0.15, 0.2) is 54.6 Å². The molecule has 1 amide bonds. The molecule has 0 radical (unpaired) electrons. The molecular formula is C18H20N2O. The monoisotopic (exact) mass is 280 g/mol. The fourth-order valence-corrected chi connectivity index (χ4v) is 2.81. The Labute approximate surface area is 125 Å². The average Bonchev–Trinajstić information content (AvgIpc) is 2.67. The Balaban J connectivity index is 1.71. The predicted molar refractivity (Wildman–Crippen MR) is 85.2 cm³/mol. The summed E-state index contributed by atoms with van der Waals surface area (Å²) in [6.07, 6.45) is 1.73. The Hall–Kier alpha value is -2.13. The van der Waals surface area contributed by atoms with E-state index >= 15 is 0 Å². The lowest BCUT2D eigenvalue weighted by Crippen LogP contribution is -2.41. The molecule has 3 heteroatoms. The summed E-state index contributed by atoms with van der Waals surface area (Å²) in [5.41, 5.74) is 3.36. The fourth-order valence-electron chi connectivity index (χ4n) is 2.81. The third-order valence-electron chi connectivity index (χ3n) is 4.04. The van der Waals surface area contributed by atoms with Gasteiger partial charge in [0.25, 0.3) is 0 Å². The molecule has 2 atom stereocenters. The molecule has 1 aliphatic heterocycles. The highest BCUT2D eigenvalue weighted by Gasteiger charge is 2.24. The Morgan fingerprint density at radius 3 is 2.62 bits per heavy atom. The first-order chi connectivity index (χ1) is 10.2. The third kappa shape index (κ3) is 3.14.